The Bertz CT molecular complexity index is 314. The monoisotopic (exact) mass is 267 g/mol. The fraction of sp³-hybridized carbons (Fsp3) is 0.600. The summed E-state index contributed by atoms with van der Waals surface area (Å²) < 4.78 is 15.7. The number of methoxy groups -OCH3 is 2. The summed E-state index contributed by atoms with van der Waals surface area (Å²) in [6, 6.07) is 8.21. The number of hydrogen-bond acceptors (Lipinski definition) is 4. The van der Waals surface area contributed by atoms with E-state index in [0.29, 0.717) is 0 Å². The van der Waals surface area contributed by atoms with Gasteiger partial charge >= 0.3 is 0 Å². The van der Waals surface area contributed by atoms with Gasteiger partial charge in [0.2, 0.25) is 0 Å². The van der Waals surface area contributed by atoms with Gasteiger partial charge in [0.05, 0.1) is 19.8 Å². The Kier molecular flexibility index (Phi) is 9.06. The lowest BCUT2D eigenvalue weighted by atomic mass is 10.1. The lowest BCUT2D eigenvalue weighted by Gasteiger charge is -2.08. The van der Waals surface area contributed by atoms with Crippen molar-refractivity contribution in [1.82, 2.24) is 5.32 Å². The number of nitrogens with one attached hydrogen (secondary N) is 1. The summed E-state index contributed by atoms with van der Waals surface area (Å²) in [7, 11) is 3.43. The van der Waals surface area contributed by atoms with Crippen LogP contribution in [0.1, 0.15) is 12.0 Å². The zero-order valence-electron chi connectivity index (χ0n) is 12.0. The van der Waals surface area contributed by atoms with Gasteiger partial charge in [-0.2, -0.15) is 0 Å². The van der Waals surface area contributed by atoms with Gasteiger partial charge in [-0.3, -0.25) is 0 Å². The first-order valence-corrected chi connectivity index (χ1v) is 6.77. The molecule has 0 heterocycles. The SMILES string of the molecule is COCCNCCCOc1ccc(CCOC)cc1. The molecule has 0 spiro atoms. The molecule has 0 fully saturated rings. The molecule has 0 aliphatic carbocycles. The Morgan fingerprint density at radius 2 is 1.63 bits per heavy atom. The van der Waals surface area contributed by atoms with Crippen LogP contribution in [0.4, 0.5) is 0 Å². The van der Waals surface area contributed by atoms with Crippen molar-refractivity contribution in [2.45, 2.75) is 12.8 Å². The number of hydrogen-bond donors (Lipinski definition) is 1. The number of ether oxygens (including phenoxy) is 3. The molecular formula is C15H25NO3. The van der Waals surface area contributed by atoms with E-state index >= 15 is 0 Å². The third kappa shape index (κ3) is 7.82. The van der Waals surface area contributed by atoms with Crippen molar-refractivity contribution in [1.29, 1.82) is 0 Å². The van der Waals surface area contributed by atoms with Crippen LogP contribution in [0.2, 0.25) is 0 Å². The number of rotatable bonds is 11. The fourth-order valence-corrected chi connectivity index (χ4v) is 1.66. The fourth-order valence-electron chi connectivity index (χ4n) is 1.66. The van der Waals surface area contributed by atoms with Crippen LogP contribution in [0, 0.1) is 0 Å². The third-order valence-electron chi connectivity index (χ3n) is 2.77. The van der Waals surface area contributed by atoms with Crippen molar-refractivity contribution >= 4 is 0 Å². The zero-order valence-corrected chi connectivity index (χ0v) is 12.0. The highest BCUT2D eigenvalue weighted by molar-refractivity contribution is 5.27. The normalized spacial score (nSPS) is 10.6. The predicted octanol–water partition coefficient (Wildman–Crippen LogP) is 1.88. The van der Waals surface area contributed by atoms with Crippen LogP contribution in [0.5, 0.6) is 5.75 Å². The van der Waals surface area contributed by atoms with Crippen LogP contribution in [-0.2, 0) is 15.9 Å². The van der Waals surface area contributed by atoms with Crippen LogP contribution >= 0.6 is 0 Å². The summed E-state index contributed by atoms with van der Waals surface area (Å²) in [6.45, 7) is 4.09. The Morgan fingerprint density at radius 1 is 0.895 bits per heavy atom. The second kappa shape index (κ2) is 10.8. The second-order valence-corrected chi connectivity index (χ2v) is 4.33. The van der Waals surface area contributed by atoms with Crippen LogP contribution < -0.4 is 10.1 Å². The Balaban J connectivity index is 2.09. The molecule has 1 rings (SSSR count). The topological polar surface area (TPSA) is 39.7 Å². The summed E-state index contributed by atoms with van der Waals surface area (Å²) >= 11 is 0. The van der Waals surface area contributed by atoms with E-state index in [-0.39, 0.29) is 0 Å². The zero-order chi connectivity index (χ0) is 13.8. The van der Waals surface area contributed by atoms with Crippen LogP contribution in [0.25, 0.3) is 0 Å². The molecule has 0 bridgehead atoms. The predicted molar refractivity (Wildman–Crippen MR) is 76.9 cm³/mol. The summed E-state index contributed by atoms with van der Waals surface area (Å²) in [4.78, 5) is 0. The Morgan fingerprint density at radius 3 is 2.32 bits per heavy atom. The van der Waals surface area contributed by atoms with Crippen molar-refractivity contribution in [3.8, 4) is 5.75 Å². The van der Waals surface area contributed by atoms with Crippen molar-refractivity contribution in [2.75, 3.05) is 47.1 Å². The van der Waals surface area contributed by atoms with E-state index in [1.807, 2.05) is 12.1 Å². The van der Waals surface area contributed by atoms with Crippen molar-refractivity contribution < 1.29 is 14.2 Å². The Hall–Kier alpha value is -1.10. The van der Waals surface area contributed by atoms with Crippen LogP contribution in [0.3, 0.4) is 0 Å². The highest BCUT2D eigenvalue weighted by Crippen LogP contribution is 2.12. The molecule has 0 saturated carbocycles. The van der Waals surface area contributed by atoms with E-state index in [2.05, 4.69) is 17.4 Å². The van der Waals surface area contributed by atoms with E-state index in [1.165, 1.54) is 5.56 Å². The summed E-state index contributed by atoms with van der Waals surface area (Å²) in [6.07, 6.45) is 1.94. The molecule has 4 heteroatoms. The van der Waals surface area contributed by atoms with E-state index < -0.39 is 0 Å². The van der Waals surface area contributed by atoms with E-state index in [0.717, 1.165) is 51.5 Å². The van der Waals surface area contributed by atoms with Gasteiger partial charge < -0.3 is 19.5 Å². The average Bonchev–Trinajstić information content (AvgIpc) is 2.45. The van der Waals surface area contributed by atoms with Gasteiger partial charge in [-0.1, -0.05) is 12.1 Å². The summed E-state index contributed by atoms with van der Waals surface area (Å²) in [5.41, 5.74) is 1.27. The van der Waals surface area contributed by atoms with E-state index in [9.17, 15) is 0 Å². The molecule has 4 nitrogen and oxygen atoms in total. The van der Waals surface area contributed by atoms with Crippen molar-refractivity contribution in [3.63, 3.8) is 0 Å². The molecule has 0 radical (unpaired) electrons. The highest BCUT2D eigenvalue weighted by Gasteiger charge is 1.96. The van der Waals surface area contributed by atoms with Gasteiger partial charge in [-0.25, -0.2) is 0 Å². The minimum absolute atomic E-state index is 0.734. The largest absolute Gasteiger partial charge is 0.494 e. The molecule has 0 unspecified atom stereocenters. The molecule has 0 saturated heterocycles. The van der Waals surface area contributed by atoms with Gasteiger partial charge in [-0.05, 0) is 37.1 Å². The minimum atomic E-state index is 0.734. The molecule has 0 atom stereocenters. The molecule has 0 aliphatic heterocycles. The summed E-state index contributed by atoms with van der Waals surface area (Å²) in [5.74, 6) is 0.929. The van der Waals surface area contributed by atoms with E-state index in [4.69, 9.17) is 14.2 Å². The first-order valence-electron chi connectivity index (χ1n) is 6.77. The van der Waals surface area contributed by atoms with Crippen molar-refractivity contribution in [3.05, 3.63) is 29.8 Å². The maximum absolute atomic E-state index is 5.67. The van der Waals surface area contributed by atoms with Gasteiger partial charge in [0.25, 0.3) is 0 Å². The third-order valence-corrected chi connectivity index (χ3v) is 2.77. The van der Waals surface area contributed by atoms with Gasteiger partial charge in [0, 0.05) is 20.8 Å². The maximum Gasteiger partial charge on any atom is 0.119 e. The first kappa shape index (κ1) is 16.0. The molecular weight excluding hydrogens is 242 g/mol. The lowest BCUT2D eigenvalue weighted by molar-refractivity contribution is 0.198. The summed E-state index contributed by atoms with van der Waals surface area (Å²) in [5, 5.41) is 3.29. The molecule has 1 aromatic rings. The molecule has 0 amide bonds. The van der Waals surface area contributed by atoms with Gasteiger partial charge in [0.1, 0.15) is 5.75 Å². The molecule has 0 aliphatic rings. The molecule has 1 aromatic carbocycles. The minimum Gasteiger partial charge on any atom is -0.494 e. The molecule has 19 heavy (non-hydrogen) atoms. The van der Waals surface area contributed by atoms with Crippen LogP contribution in [-0.4, -0.2) is 47.1 Å². The quantitative estimate of drug-likeness (QED) is 0.621. The smallest absolute Gasteiger partial charge is 0.119 e. The lowest BCUT2D eigenvalue weighted by Crippen LogP contribution is -2.21. The molecule has 108 valence electrons. The maximum atomic E-state index is 5.67. The first-order chi connectivity index (χ1) is 9.36. The molecule has 1 N–H and O–H groups in total. The van der Waals surface area contributed by atoms with Crippen molar-refractivity contribution in [2.24, 2.45) is 0 Å². The van der Waals surface area contributed by atoms with E-state index in [1.54, 1.807) is 14.2 Å². The molecule has 0 aromatic heterocycles. The average molecular weight is 267 g/mol. The second-order valence-electron chi connectivity index (χ2n) is 4.33. The number of benzene rings is 1. The van der Waals surface area contributed by atoms with Gasteiger partial charge in [0.15, 0.2) is 0 Å². The van der Waals surface area contributed by atoms with Crippen LogP contribution in [0.15, 0.2) is 24.3 Å². The van der Waals surface area contributed by atoms with Gasteiger partial charge in [-0.15, -0.1) is 0 Å². The standard InChI is InChI=1S/C15H25NO3/c1-17-12-8-14-4-6-15(7-5-14)19-11-3-9-16-10-13-18-2/h4-7,16H,3,8-13H2,1-2H3. The highest BCUT2D eigenvalue weighted by atomic mass is 16.5. The Labute approximate surface area is 116 Å².